The fourth-order valence-electron chi connectivity index (χ4n) is 1.31. The Hall–Kier alpha value is -1.95. The molecular formula is C12H8BrFN2O2. The summed E-state index contributed by atoms with van der Waals surface area (Å²) in [6, 6.07) is 6.99. The van der Waals surface area contributed by atoms with Gasteiger partial charge in [0, 0.05) is 5.56 Å². The number of amides is 1. The number of carbonyl (C=O) groups excluding carboxylic acids is 1. The summed E-state index contributed by atoms with van der Waals surface area (Å²) in [5.74, 6) is -1.06. The average Bonchev–Trinajstić information content (AvgIpc) is 2.35. The van der Waals surface area contributed by atoms with Gasteiger partial charge in [-0.2, -0.15) is 4.39 Å². The summed E-state index contributed by atoms with van der Waals surface area (Å²) >= 11 is 3.12. The Labute approximate surface area is 111 Å². The van der Waals surface area contributed by atoms with Crippen molar-refractivity contribution < 1.29 is 14.3 Å². The highest BCUT2D eigenvalue weighted by Gasteiger charge is 2.08. The second-order valence-electron chi connectivity index (χ2n) is 3.49. The fourth-order valence-corrected chi connectivity index (χ4v) is 1.55. The first-order chi connectivity index (χ1) is 8.56. The van der Waals surface area contributed by atoms with Crippen LogP contribution in [-0.4, -0.2) is 16.0 Å². The highest BCUT2D eigenvalue weighted by atomic mass is 79.9. The molecule has 1 aromatic heterocycles. The Morgan fingerprint density at radius 2 is 2.11 bits per heavy atom. The molecular weight excluding hydrogens is 303 g/mol. The molecule has 0 unspecified atom stereocenters. The molecule has 0 spiro atoms. The topological polar surface area (TPSA) is 62.2 Å². The predicted octanol–water partition coefficient (Wildman–Crippen LogP) is 2.94. The molecule has 2 N–H and O–H groups in total. The van der Waals surface area contributed by atoms with Gasteiger partial charge in [-0.1, -0.05) is 0 Å². The normalized spacial score (nSPS) is 10.1. The zero-order chi connectivity index (χ0) is 13.1. The van der Waals surface area contributed by atoms with Gasteiger partial charge in [0.2, 0.25) is 5.95 Å². The lowest BCUT2D eigenvalue weighted by molar-refractivity contribution is 0.102. The van der Waals surface area contributed by atoms with E-state index in [-0.39, 0.29) is 5.75 Å². The summed E-state index contributed by atoms with van der Waals surface area (Å²) in [5, 5.41) is 12.0. The van der Waals surface area contributed by atoms with Crippen LogP contribution in [0.15, 0.2) is 41.0 Å². The zero-order valence-corrected chi connectivity index (χ0v) is 10.6. The van der Waals surface area contributed by atoms with E-state index in [2.05, 4.69) is 26.2 Å². The highest BCUT2D eigenvalue weighted by molar-refractivity contribution is 9.10. The van der Waals surface area contributed by atoms with Gasteiger partial charge in [0.25, 0.3) is 5.91 Å². The Kier molecular flexibility index (Phi) is 3.57. The third kappa shape index (κ3) is 2.84. The van der Waals surface area contributed by atoms with Crippen LogP contribution < -0.4 is 5.32 Å². The van der Waals surface area contributed by atoms with E-state index < -0.39 is 11.9 Å². The molecule has 92 valence electrons. The molecule has 0 aliphatic rings. The lowest BCUT2D eigenvalue weighted by Gasteiger charge is -2.05. The van der Waals surface area contributed by atoms with Crippen molar-refractivity contribution in [2.24, 2.45) is 0 Å². The smallest absolute Gasteiger partial charge is 0.255 e. The fraction of sp³-hybridized carbons (Fsp3) is 0. The first-order valence-electron chi connectivity index (χ1n) is 4.97. The van der Waals surface area contributed by atoms with Crippen LogP contribution in [0.4, 0.5) is 10.1 Å². The number of hydrogen-bond donors (Lipinski definition) is 2. The van der Waals surface area contributed by atoms with Crippen molar-refractivity contribution in [3.05, 3.63) is 52.5 Å². The summed E-state index contributed by atoms with van der Waals surface area (Å²) in [6.45, 7) is 0. The molecule has 0 fully saturated rings. The Morgan fingerprint density at radius 3 is 2.72 bits per heavy atom. The van der Waals surface area contributed by atoms with Gasteiger partial charge in [-0.05, 0) is 46.3 Å². The number of nitrogens with zero attached hydrogens (tertiary/aromatic N) is 1. The quantitative estimate of drug-likeness (QED) is 0.838. The SMILES string of the molecule is O=C(Nc1ccc(F)nc1)c1ccc(Br)c(O)c1. The van der Waals surface area contributed by atoms with Gasteiger partial charge < -0.3 is 10.4 Å². The van der Waals surface area contributed by atoms with Crippen molar-refractivity contribution in [3.63, 3.8) is 0 Å². The minimum atomic E-state index is -0.616. The Bertz CT molecular complexity index is 587. The second kappa shape index (κ2) is 5.14. The van der Waals surface area contributed by atoms with E-state index in [1.165, 1.54) is 18.3 Å². The van der Waals surface area contributed by atoms with Crippen LogP contribution in [0.5, 0.6) is 5.75 Å². The van der Waals surface area contributed by atoms with Gasteiger partial charge in [-0.3, -0.25) is 4.79 Å². The summed E-state index contributed by atoms with van der Waals surface area (Å²) in [6.07, 6.45) is 1.21. The molecule has 0 radical (unpaired) electrons. The highest BCUT2D eigenvalue weighted by Crippen LogP contribution is 2.24. The van der Waals surface area contributed by atoms with E-state index in [0.29, 0.717) is 15.7 Å². The van der Waals surface area contributed by atoms with Crippen LogP contribution >= 0.6 is 15.9 Å². The first kappa shape index (κ1) is 12.5. The lowest BCUT2D eigenvalue weighted by atomic mass is 10.2. The maximum atomic E-state index is 12.6. The van der Waals surface area contributed by atoms with Gasteiger partial charge in [-0.15, -0.1) is 0 Å². The number of phenolic OH excluding ortho intramolecular Hbond substituents is 1. The van der Waals surface area contributed by atoms with Gasteiger partial charge in [0.15, 0.2) is 0 Å². The third-order valence-electron chi connectivity index (χ3n) is 2.19. The molecule has 2 aromatic rings. The zero-order valence-electron chi connectivity index (χ0n) is 9.02. The first-order valence-corrected chi connectivity index (χ1v) is 5.77. The predicted molar refractivity (Wildman–Crippen MR) is 68.0 cm³/mol. The number of halogens is 2. The van der Waals surface area contributed by atoms with Crippen LogP contribution in [0.25, 0.3) is 0 Å². The summed E-state index contributed by atoms with van der Waals surface area (Å²) in [4.78, 5) is 15.2. The molecule has 0 aliphatic carbocycles. The minimum absolute atomic E-state index is 0.0279. The number of nitrogens with one attached hydrogen (secondary N) is 1. The lowest BCUT2D eigenvalue weighted by Crippen LogP contribution is -2.11. The molecule has 0 aliphatic heterocycles. The van der Waals surface area contributed by atoms with Crippen LogP contribution in [0, 0.1) is 5.95 Å². The van der Waals surface area contributed by atoms with E-state index in [1.54, 1.807) is 12.1 Å². The number of anilines is 1. The molecule has 6 heteroatoms. The van der Waals surface area contributed by atoms with Gasteiger partial charge in [0.05, 0.1) is 16.4 Å². The number of phenols is 1. The van der Waals surface area contributed by atoms with Crippen LogP contribution in [-0.2, 0) is 0 Å². The van der Waals surface area contributed by atoms with E-state index in [0.717, 1.165) is 6.07 Å². The largest absolute Gasteiger partial charge is 0.507 e. The number of carbonyl (C=O) groups is 1. The van der Waals surface area contributed by atoms with E-state index in [9.17, 15) is 14.3 Å². The standard InChI is InChI=1S/C12H8BrFN2O2/c13-9-3-1-7(5-10(9)17)12(18)16-8-2-4-11(14)15-6-8/h1-6,17H,(H,16,18). The summed E-state index contributed by atoms with van der Waals surface area (Å²) in [5.41, 5.74) is 0.670. The minimum Gasteiger partial charge on any atom is -0.507 e. The maximum absolute atomic E-state index is 12.6. The number of aromatic hydroxyl groups is 1. The van der Waals surface area contributed by atoms with Crippen molar-refractivity contribution in [2.75, 3.05) is 5.32 Å². The molecule has 0 saturated carbocycles. The van der Waals surface area contributed by atoms with Crippen molar-refractivity contribution in [1.29, 1.82) is 0 Å². The number of rotatable bonds is 2. The third-order valence-corrected chi connectivity index (χ3v) is 2.86. The molecule has 2 rings (SSSR count). The van der Waals surface area contributed by atoms with Crippen LogP contribution in [0.1, 0.15) is 10.4 Å². The number of aromatic nitrogens is 1. The van der Waals surface area contributed by atoms with Crippen molar-refractivity contribution in [1.82, 2.24) is 4.98 Å². The summed E-state index contributed by atoms with van der Waals surface area (Å²) < 4.78 is 13.1. The molecule has 0 bridgehead atoms. The molecule has 1 heterocycles. The Balaban J connectivity index is 2.16. The van der Waals surface area contributed by atoms with Gasteiger partial charge in [0.1, 0.15) is 5.75 Å². The van der Waals surface area contributed by atoms with Gasteiger partial charge >= 0.3 is 0 Å². The molecule has 1 amide bonds. The molecule has 0 atom stereocenters. The number of hydrogen-bond acceptors (Lipinski definition) is 3. The van der Waals surface area contributed by atoms with Crippen LogP contribution in [0.3, 0.4) is 0 Å². The van der Waals surface area contributed by atoms with Crippen LogP contribution in [0.2, 0.25) is 0 Å². The van der Waals surface area contributed by atoms with Crippen molar-refractivity contribution in [2.45, 2.75) is 0 Å². The molecule has 18 heavy (non-hydrogen) atoms. The van der Waals surface area contributed by atoms with Crippen molar-refractivity contribution in [3.8, 4) is 5.75 Å². The second-order valence-corrected chi connectivity index (χ2v) is 4.34. The van der Waals surface area contributed by atoms with Crippen molar-refractivity contribution >= 4 is 27.5 Å². The molecule has 0 saturated heterocycles. The molecule has 1 aromatic carbocycles. The van der Waals surface area contributed by atoms with Gasteiger partial charge in [-0.25, -0.2) is 4.98 Å². The van der Waals surface area contributed by atoms with E-state index in [4.69, 9.17) is 0 Å². The summed E-state index contributed by atoms with van der Waals surface area (Å²) in [7, 11) is 0. The van der Waals surface area contributed by atoms with E-state index >= 15 is 0 Å². The Morgan fingerprint density at radius 1 is 1.33 bits per heavy atom. The maximum Gasteiger partial charge on any atom is 0.255 e. The monoisotopic (exact) mass is 310 g/mol. The average molecular weight is 311 g/mol. The number of pyridine rings is 1. The molecule has 4 nitrogen and oxygen atoms in total. The van der Waals surface area contributed by atoms with E-state index in [1.807, 2.05) is 0 Å². The number of benzene rings is 1.